The van der Waals surface area contributed by atoms with E-state index in [1.807, 2.05) is 6.07 Å². The van der Waals surface area contributed by atoms with E-state index in [0.717, 1.165) is 5.56 Å². The van der Waals surface area contributed by atoms with E-state index in [0.29, 0.717) is 17.1 Å². The molecular weight excluding hydrogens is 284 g/mol. The number of phenolic OH excluding ortho intramolecular Hbond substituents is 1. The van der Waals surface area contributed by atoms with Crippen LogP contribution in [-0.2, 0) is 4.74 Å². The number of phenols is 1. The van der Waals surface area contributed by atoms with Crippen molar-refractivity contribution < 1.29 is 24.1 Å². The number of carbonyl (C=O) groups is 1. The van der Waals surface area contributed by atoms with Gasteiger partial charge in [-0.2, -0.15) is 0 Å². The van der Waals surface area contributed by atoms with Crippen molar-refractivity contribution in [3.8, 4) is 29.1 Å². The van der Waals surface area contributed by atoms with Crippen LogP contribution in [0.3, 0.4) is 0 Å². The molecule has 0 bridgehead atoms. The highest BCUT2D eigenvalue weighted by molar-refractivity contribution is 5.92. The van der Waals surface area contributed by atoms with Crippen molar-refractivity contribution in [3.05, 3.63) is 53.1 Å². The van der Waals surface area contributed by atoms with E-state index in [1.165, 1.54) is 19.2 Å². The second kappa shape index (κ2) is 5.70. The predicted octanol–water partition coefficient (Wildman–Crippen LogP) is 2.31. The zero-order chi connectivity index (χ0) is 15.5. The van der Waals surface area contributed by atoms with Crippen molar-refractivity contribution in [1.82, 2.24) is 0 Å². The van der Waals surface area contributed by atoms with Gasteiger partial charge in [-0.15, -0.1) is 0 Å². The first-order chi connectivity index (χ1) is 10.7. The van der Waals surface area contributed by atoms with Crippen LogP contribution in [-0.4, -0.2) is 25.0 Å². The van der Waals surface area contributed by atoms with Gasteiger partial charge in [-0.1, -0.05) is 11.8 Å². The van der Waals surface area contributed by atoms with Crippen molar-refractivity contribution in [1.29, 1.82) is 0 Å². The molecule has 0 radical (unpaired) electrons. The van der Waals surface area contributed by atoms with Crippen LogP contribution in [0.5, 0.6) is 17.2 Å². The maximum absolute atomic E-state index is 11.4. The van der Waals surface area contributed by atoms with Gasteiger partial charge < -0.3 is 19.3 Å². The lowest BCUT2D eigenvalue weighted by Gasteiger charge is -2.02. The van der Waals surface area contributed by atoms with Crippen LogP contribution in [0.15, 0.2) is 36.4 Å². The maximum atomic E-state index is 11.4. The van der Waals surface area contributed by atoms with Crippen molar-refractivity contribution in [3.63, 3.8) is 0 Å². The van der Waals surface area contributed by atoms with E-state index in [4.69, 9.17) is 9.47 Å². The summed E-state index contributed by atoms with van der Waals surface area (Å²) in [5, 5.41) is 9.81. The first kappa shape index (κ1) is 13.8. The van der Waals surface area contributed by atoms with Crippen molar-refractivity contribution in [2.45, 2.75) is 0 Å². The standard InChI is InChI=1S/C17H12O5/c1-20-17(19)13-6-4-11(8-14(13)18)2-3-12-5-7-15-16(9-12)22-10-21-15/h4-9,18H,10H2,1H3. The van der Waals surface area contributed by atoms with Gasteiger partial charge in [-0.25, -0.2) is 4.79 Å². The monoisotopic (exact) mass is 296 g/mol. The van der Waals surface area contributed by atoms with Gasteiger partial charge in [0.25, 0.3) is 0 Å². The molecule has 0 amide bonds. The quantitative estimate of drug-likeness (QED) is 0.646. The average molecular weight is 296 g/mol. The second-order valence-corrected chi connectivity index (χ2v) is 4.54. The third kappa shape index (κ3) is 2.67. The smallest absolute Gasteiger partial charge is 0.341 e. The van der Waals surface area contributed by atoms with Crippen LogP contribution in [0.4, 0.5) is 0 Å². The Labute approximate surface area is 127 Å². The third-order valence-electron chi connectivity index (χ3n) is 3.13. The maximum Gasteiger partial charge on any atom is 0.341 e. The number of ether oxygens (including phenoxy) is 3. The summed E-state index contributed by atoms with van der Waals surface area (Å²) in [7, 11) is 1.26. The fraction of sp³-hybridized carbons (Fsp3) is 0.118. The fourth-order valence-corrected chi connectivity index (χ4v) is 2.01. The SMILES string of the molecule is COC(=O)c1ccc(C#Cc2ccc3c(c2)OCO3)cc1O. The molecule has 1 aliphatic heterocycles. The zero-order valence-electron chi connectivity index (χ0n) is 11.8. The Kier molecular flexibility index (Phi) is 3.58. The molecule has 3 rings (SSSR count). The van der Waals surface area contributed by atoms with E-state index >= 15 is 0 Å². The highest BCUT2D eigenvalue weighted by atomic mass is 16.7. The Morgan fingerprint density at radius 3 is 2.50 bits per heavy atom. The summed E-state index contributed by atoms with van der Waals surface area (Å²) < 4.78 is 15.1. The van der Waals surface area contributed by atoms with Crippen molar-refractivity contribution in [2.24, 2.45) is 0 Å². The summed E-state index contributed by atoms with van der Waals surface area (Å²) in [6, 6.07) is 9.95. The van der Waals surface area contributed by atoms with Crippen LogP contribution >= 0.6 is 0 Å². The number of esters is 1. The van der Waals surface area contributed by atoms with Gasteiger partial charge in [0.05, 0.1) is 7.11 Å². The zero-order valence-corrected chi connectivity index (χ0v) is 11.8. The average Bonchev–Trinajstić information content (AvgIpc) is 3.00. The summed E-state index contributed by atoms with van der Waals surface area (Å²) in [5.74, 6) is 6.50. The number of fused-ring (bicyclic) bond motifs is 1. The second-order valence-electron chi connectivity index (χ2n) is 4.54. The molecule has 0 aromatic heterocycles. The molecule has 0 fully saturated rings. The number of hydrogen-bond donors (Lipinski definition) is 1. The molecule has 1 N–H and O–H groups in total. The van der Waals surface area contributed by atoms with E-state index in [1.54, 1.807) is 18.2 Å². The number of rotatable bonds is 1. The molecule has 0 aliphatic carbocycles. The normalized spacial score (nSPS) is 11.5. The Morgan fingerprint density at radius 2 is 1.77 bits per heavy atom. The number of methoxy groups -OCH3 is 1. The summed E-state index contributed by atoms with van der Waals surface area (Å²) in [6.07, 6.45) is 0. The van der Waals surface area contributed by atoms with Crippen LogP contribution in [0.2, 0.25) is 0 Å². The molecule has 5 heteroatoms. The molecule has 110 valence electrons. The third-order valence-corrected chi connectivity index (χ3v) is 3.13. The van der Waals surface area contributed by atoms with Crippen LogP contribution in [0.25, 0.3) is 0 Å². The molecule has 2 aromatic rings. The Morgan fingerprint density at radius 1 is 1.09 bits per heavy atom. The summed E-state index contributed by atoms with van der Waals surface area (Å²) in [5.41, 5.74) is 1.46. The van der Waals surface area contributed by atoms with E-state index in [9.17, 15) is 9.90 Å². The molecular formula is C17H12O5. The van der Waals surface area contributed by atoms with Crippen LogP contribution in [0.1, 0.15) is 21.5 Å². The molecule has 5 nitrogen and oxygen atoms in total. The van der Waals surface area contributed by atoms with Gasteiger partial charge in [0.1, 0.15) is 11.3 Å². The molecule has 22 heavy (non-hydrogen) atoms. The van der Waals surface area contributed by atoms with Gasteiger partial charge in [-0.3, -0.25) is 0 Å². The molecule has 0 atom stereocenters. The number of carbonyl (C=O) groups excluding carboxylic acids is 1. The summed E-state index contributed by atoms with van der Waals surface area (Å²) in [4.78, 5) is 11.4. The molecule has 0 saturated carbocycles. The number of aromatic hydroxyl groups is 1. The highest BCUT2D eigenvalue weighted by Gasteiger charge is 2.13. The van der Waals surface area contributed by atoms with Gasteiger partial charge in [0.2, 0.25) is 6.79 Å². The molecule has 1 aliphatic rings. The van der Waals surface area contributed by atoms with Gasteiger partial charge in [0, 0.05) is 11.1 Å². The fourth-order valence-electron chi connectivity index (χ4n) is 2.01. The van der Waals surface area contributed by atoms with Crippen molar-refractivity contribution in [2.75, 3.05) is 13.9 Å². The summed E-state index contributed by atoms with van der Waals surface area (Å²) >= 11 is 0. The van der Waals surface area contributed by atoms with E-state index < -0.39 is 5.97 Å². The lowest BCUT2D eigenvalue weighted by molar-refractivity contribution is 0.0597. The van der Waals surface area contributed by atoms with Crippen LogP contribution in [0, 0.1) is 11.8 Å². The molecule has 0 unspecified atom stereocenters. The predicted molar refractivity (Wildman–Crippen MR) is 78.0 cm³/mol. The van der Waals surface area contributed by atoms with Crippen molar-refractivity contribution >= 4 is 5.97 Å². The molecule has 0 spiro atoms. The van der Waals surface area contributed by atoms with E-state index in [-0.39, 0.29) is 18.1 Å². The first-order valence-electron chi connectivity index (χ1n) is 6.50. The van der Waals surface area contributed by atoms with Crippen LogP contribution < -0.4 is 9.47 Å². The van der Waals surface area contributed by atoms with E-state index in [2.05, 4.69) is 16.6 Å². The molecule has 1 heterocycles. The number of hydrogen-bond acceptors (Lipinski definition) is 5. The Bertz CT molecular complexity index is 798. The summed E-state index contributed by atoms with van der Waals surface area (Å²) in [6.45, 7) is 0.217. The Hall–Kier alpha value is -3.13. The Balaban J connectivity index is 1.85. The largest absolute Gasteiger partial charge is 0.507 e. The van der Waals surface area contributed by atoms with Gasteiger partial charge >= 0.3 is 5.97 Å². The number of benzene rings is 2. The molecule has 0 saturated heterocycles. The topological polar surface area (TPSA) is 65.0 Å². The minimum Gasteiger partial charge on any atom is -0.507 e. The minimum atomic E-state index is -0.590. The van der Waals surface area contributed by atoms with Gasteiger partial charge in [-0.05, 0) is 36.4 Å². The lowest BCUT2D eigenvalue weighted by Crippen LogP contribution is -2.01. The minimum absolute atomic E-state index is 0.108. The molecule has 2 aromatic carbocycles. The first-order valence-corrected chi connectivity index (χ1v) is 6.50. The van der Waals surface area contributed by atoms with Gasteiger partial charge in [0.15, 0.2) is 11.5 Å². The highest BCUT2D eigenvalue weighted by Crippen LogP contribution is 2.32. The lowest BCUT2D eigenvalue weighted by atomic mass is 10.1.